The van der Waals surface area contributed by atoms with Crippen molar-refractivity contribution < 1.29 is 19.0 Å². The Morgan fingerprint density at radius 3 is 2.52 bits per heavy atom. The average molecular weight is 475 g/mol. The van der Waals surface area contributed by atoms with Gasteiger partial charge in [0.1, 0.15) is 5.75 Å². The van der Waals surface area contributed by atoms with Gasteiger partial charge in [0.05, 0.1) is 31.5 Å². The summed E-state index contributed by atoms with van der Waals surface area (Å²) < 4.78 is 16.5. The minimum Gasteiger partial charge on any atom is -0.497 e. The van der Waals surface area contributed by atoms with Crippen LogP contribution in [0.1, 0.15) is 5.56 Å². The summed E-state index contributed by atoms with van der Waals surface area (Å²) in [7, 11) is 4.76. The van der Waals surface area contributed by atoms with Gasteiger partial charge < -0.3 is 14.2 Å². The van der Waals surface area contributed by atoms with Crippen molar-refractivity contribution in [2.45, 2.75) is 0 Å². The summed E-state index contributed by atoms with van der Waals surface area (Å²) in [4.78, 5) is 16.7. The number of methoxy groups -OCH3 is 3. The average Bonchev–Trinajstić information content (AvgIpc) is 3.20. The maximum atomic E-state index is 12.3. The number of thiazole rings is 1. The molecule has 0 bridgehead atoms. The zero-order valence-corrected chi connectivity index (χ0v) is 18.5. The van der Waals surface area contributed by atoms with Crippen LogP contribution >= 0.6 is 27.3 Å². The predicted octanol–water partition coefficient (Wildman–Crippen LogP) is 5.25. The van der Waals surface area contributed by atoms with E-state index < -0.39 is 0 Å². The molecule has 0 aliphatic rings. The SMILES string of the molecule is COc1ccc(-c2csc(NC(=O)/C=C/c3cc(Br)c(OC)c(OC)c3)n2)cc1. The van der Waals surface area contributed by atoms with Gasteiger partial charge in [-0.05, 0) is 64.0 Å². The van der Waals surface area contributed by atoms with E-state index in [4.69, 9.17) is 14.2 Å². The number of halogens is 1. The Morgan fingerprint density at radius 1 is 1.10 bits per heavy atom. The Balaban J connectivity index is 1.68. The highest BCUT2D eigenvalue weighted by Crippen LogP contribution is 2.36. The summed E-state index contributed by atoms with van der Waals surface area (Å²) in [5.74, 6) is 1.69. The monoisotopic (exact) mass is 474 g/mol. The lowest BCUT2D eigenvalue weighted by atomic mass is 10.2. The first-order valence-corrected chi connectivity index (χ1v) is 10.2. The lowest BCUT2D eigenvalue weighted by Gasteiger charge is -2.10. The molecule has 1 aromatic heterocycles. The highest BCUT2D eigenvalue weighted by atomic mass is 79.9. The van der Waals surface area contributed by atoms with Crippen molar-refractivity contribution >= 4 is 44.4 Å². The second kappa shape index (κ2) is 9.58. The molecule has 3 aromatic rings. The first-order chi connectivity index (χ1) is 14.0. The molecule has 1 heterocycles. The maximum absolute atomic E-state index is 12.3. The molecule has 0 spiro atoms. The van der Waals surface area contributed by atoms with Gasteiger partial charge in [0.25, 0.3) is 0 Å². The van der Waals surface area contributed by atoms with E-state index in [1.165, 1.54) is 17.4 Å². The van der Waals surface area contributed by atoms with E-state index in [1.54, 1.807) is 33.5 Å². The molecule has 0 saturated carbocycles. The molecule has 0 fully saturated rings. The van der Waals surface area contributed by atoms with Crippen LogP contribution in [0.5, 0.6) is 17.2 Å². The molecule has 6 nitrogen and oxygen atoms in total. The first-order valence-electron chi connectivity index (χ1n) is 8.54. The van der Waals surface area contributed by atoms with Crippen molar-refractivity contribution in [1.29, 1.82) is 0 Å². The minimum atomic E-state index is -0.272. The van der Waals surface area contributed by atoms with Crippen molar-refractivity contribution in [2.75, 3.05) is 26.6 Å². The number of carbonyl (C=O) groups is 1. The summed E-state index contributed by atoms with van der Waals surface area (Å²) in [6, 6.07) is 11.2. The highest BCUT2D eigenvalue weighted by molar-refractivity contribution is 9.10. The lowest BCUT2D eigenvalue weighted by molar-refractivity contribution is -0.111. The number of rotatable bonds is 7. The van der Waals surface area contributed by atoms with Crippen LogP contribution in [0, 0.1) is 0 Å². The van der Waals surface area contributed by atoms with Crippen LogP contribution in [-0.2, 0) is 4.79 Å². The number of nitrogens with one attached hydrogen (secondary N) is 1. The summed E-state index contributed by atoms with van der Waals surface area (Å²) in [6.45, 7) is 0. The predicted molar refractivity (Wildman–Crippen MR) is 119 cm³/mol. The third-order valence-electron chi connectivity index (χ3n) is 4.00. The largest absolute Gasteiger partial charge is 0.497 e. The number of aromatic nitrogens is 1. The van der Waals surface area contributed by atoms with Crippen LogP contribution in [0.4, 0.5) is 5.13 Å². The van der Waals surface area contributed by atoms with E-state index in [0.29, 0.717) is 16.6 Å². The Kier molecular flexibility index (Phi) is 6.90. The third kappa shape index (κ3) is 5.16. The Hall–Kier alpha value is -2.84. The normalized spacial score (nSPS) is 10.8. The molecule has 1 N–H and O–H groups in total. The molecule has 29 heavy (non-hydrogen) atoms. The van der Waals surface area contributed by atoms with Crippen molar-refractivity contribution in [1.82, 2.24) is 4.98 Å². The van der Waals surface area contributed by atoms with Gasteiger partial charge in [-0.15, -0.1) is 11.3 Å². The minimum absolute atomic E-state index is 0.272. The Bertz CT molecular complexity index is 1030. The zero-order valence-electron chi connectivity index (χ0n) is 16.1. The van der Waals surface area contributed by atoms with Crippen molar-refractivity contribution in [2.24, 2.45) is 0 Å². The van der Waals surface area contributed by atoms with E-state index in [1.807, 2.05) is 35.7 Å². The molecular formula is C21H19BrN2O4S. The molecule has 3 rings (SSSR count). The van der Waals surface area contributed by atoms with Crippen molar-refractivity contribution in [3.8, 4) is 28.5 Å². The summed E-state index contributed by atoms with van der Waals surface area (Å²) in [6.07, 6.45) is 3.14. The molecule has 0 aliphatic carbocycles. The molecule has 2 aromatic carbocycles. The van der Waals surface area contributed by atoms with E-state index in [0.717, 1.165) is 27.0 Å². The van der Waals surface area contributed by atoms with Gasteiger partial charge in [-0.25, -0.2) is 4.98 Å². The first kappa shape index (κ1) is 20.9. The Morgan fingerprint density at radius 2 is 1.86 bits per heavy atom. The lowest BCUT2D eigenvalue weighted by Crippen LogP contribution is -2.07. The smallest absolute Gasteiger partial charge is 0.250 e. The van der Waals surface area contributed by atoms with Gasteiger partial charge in [0.2, 0.25) is 5.91 Å². The second-order valence-corrected chi connectivity index (χ2v) is 7.54. The quantitative estimate of drug-likeness (QED) is 0.473. The Labute approximate surface area is 181 Å². The molecule has 0 saturated heterocycles. The van der Waals surface area contributed by atoms with Crippen LogP contribution in [0.3, 0.4) is 0 Å². The number of anilines is 1. The highest BCUT2D eigenvalue weighted by Gasteiger charge is 2.10. The summed E-state index contributed by atoms with van der Waals surface area (Å²) in [5, 5.41) is 5.20. The topological polar surface area (TPSA) is 69.7 Å². The van der Waals surface area contributed by atoms with Gasteiger partial charge in [-0.3, -0.25) is 10.1 Å². The molecule has 0 radical (unpaired) electrons. The summed E-state index contributed by atoms with van der Waals surface area (Å²) >= 11 is 4.80. The fraction of sp³-hybridized carbons (Fsp3) is 0.143. The van der Waals surface area contributed by atoms with Gasteiger partial charge in [0, 0.05) is 17.0 Å². The fourth-order valence-electron chi connectivity index (χ4n) is 2.58. The van der Waals surface area contributed by atoms with Crippen LogP contribution in [0.25, 0.3) is 17.3 Å². The van der Waals surface area contributed by atoms with Gasteiger partial charge in [0.15, 0.2) is 16.6 Å². The van der Waals surface area contributed by atoms with Crippen molar-refractivity contribution in [3.05, 3.63) is 57.9 Å². The number of hydrogen-bond donors (Lipinski definition) is 1. The molecular weight excluding hydrogens is 456 g/mol. The second-order valence-electron chi connectivity index (χ2n) is 5.83. The number of benzene rings is 2. The van der Waals surface area contributed by atoms with Crippen LogP contribution in [0.15, 0.2) is 52.3 Å². The van der Waals surface area contributed by atoms with E-state index in [-0.39, 0.29) is 5.91 Å². The van der Waals surface area contributed by atoms with E-state index in [2.05, 4.69) is 26.2 Å². The molecule has 8 heteroatoms. The fourth-order valence-corrected chi connectivity index (χ4v) is 3.92. The number of carbonyl (C=O) groups excluding carboxylic acids is 1. The maximum Gasteiger partial charge on any atom is 0.250 e. The molecule has 0 atom stereocenters. The third-order valence-corrected chi connectivity index (χ3v) is 5.35. The number of hydrogen-bond acceptors (Lipinski definition) is 6. The van der Waals surface area contributed by atoms with Gasteiger partial charge in [-0.1, -0.05) is 0 Å². The molecule has 0 unspecified atom stereocenters. The molecule has 150 valence electrons. The molecule has 0 aliphatic heterocycles. The van der Waals surface area contributed by atoms with Gasteiger partial charge >= 0.3 is 0 Å². The molecule has 1 amide bonds. The van der Waals surface area contributed by atoms with E-state index >= 15 is 0 Å². The number of ether oxygens (including phenoxy) is 3. The number of nitrogens with zero attached hydrogens (tertiary/aromatic N) is 1. The summed E-state index contributed by atoms with van der Waals surface area (Å²) in [5.41, 5.74) is 2.54. The van der Waals surface area contributed by atoms with Gasteiger partial charge in [-0.2, -0.15) is 0 Å². The van der Waals surface area contributed by atoms with Crippen LogP contribution in [-0.4, -0.2) is 32.2 Å². The zero-order chi connectivity index (χ0) is 20.8. The van der Waals surface area contributed by atoms with Crippen LogP contribution in [0.2, 0.25) is 0 Å². The van der Waals surface area contributed by atoms with Crippen molar-refractivity contribution in [3.63, 3.8) is 0 Å². The van der Waals surface area contributed by atoms with E-state index in [9.17, 15) is 4.79 Å². The number of amides is 1. The standard InChI is InChI=1S/C21H19BrN2O4S/c1-26-15-7-5-14(6-8-15)17-12-29-21(23-17)24-19(25)9-4-13-10-16(22)20(28-3)18(11-13)27-2/h4-12H,1-3H3,(H,23,24,25)/b9-4+. The van der Waals surface area contributed by atoms with Crippen LogP contribution < -0.4 is 19.5 Å².